The normalized spacial score (nSPS) is 17.5. The third kappa shape index (κ3) is 3.85. The summed E-state index contributed by atoms with van der Waals surface area (Å²) in [6.45, 7) is 4.52. The molecule has 0 amide bonds. The van der Waals surface area contributed by atoms with E-state index in [9.17, 15) is 4.79 Å². The number of hydrogen-bond donors (Lipinski definition) is 0. The monoisotopic (exact) mass is 290 g/mol. The Kier molecular flexibility index (Phi) is 5.80. The second kappa shape index (κ2) is 7.60. The average molecular weight is 290 g/mol. The zero-order chi connectivity index (χ0) is 15.2. The summed E-state index contributed by atoms with van der Waals surface area (Å²) in [5.74, 6) is 1.06. The Labute approximate surface area is 127 Å². The molecule has 3 nitrogen and oxygen atoms in total. The van der Waals surface area contributed by atoms with Crippen LogP contribution in [0.25, 0.3) is 0 Å². The maximum atomic E-state index is 13.0. The molecule has 1 aromatic carbocycles. The van der Waals surface area contributed by atoms with Crippen LogP contribution >= 0.6 is 0 Å². The molecule has 0 aromatic heterocycles. The largest absolute Gasteiger partial charge is 0.496 e. The molecule has 0 radical (unpaired) electrons. The Morgan fingerprint density at radius 2 is 2.00 bits per heavy atom. The van der Waals surface area contributed by atoms with Crippen molar-refractivity contribution in [3.63, 3.8) is 0 Å². The Balaban J connectivity index is 2.27. The van der Waals surface area contributed by atoms with E-state index in [1.807, 2.05) is 32.0 Å². The van der Waals surface area contributed by atoms with Crippen LogP contribution in [-0.2, 0) is 4.74 Å². The summed E-state index contributed by atoms with van der Waals surface area (Å²) in [4.78, 5) is 13.0. The summed E-state index contributed by atoms with van der Waals surface area (Å²) < 4.78 is 11.2. The number of aryl methyl sites for hydroxylation is 1. The van der Waals surface area contributed by atoms with Gasteiger partial charge in [-0.25, -0.2) is 0 Å². The highest BCUT2D eigenvalue weighted by molar-refractivity contribution is 6.02. The molecule has 1 atom stereocenters. The van der Waals surface area contributed by atoms with Crippen molar-refractivity contribution < 1.29 is 14.3 Å². The first-order valence-corrected chi connectivity index (χ1v) is 7.97. The minimum Gasteiger partial charge on any atom is -0.496 e. The highest BCUT2D eigenvalue weighted by Crippen LogP contribution is 2.31. The van der Waals surface area contributed by atoms with Crippen molar-refractivity contribution in [1.29, 1.82) is 0 Å². The molecule has 1 unspecified atom stereocenters. The molecule has 1 saturated carbocycles. The van der Waals surface area contributed by atoms with Gasteiger partial charge in [-0.1, -0.05) is 30.9 Å². The topological polar surface area (TPSA) is 35.5 Å². The Bertz CT molecular complexity index is 475. The maximum absolute atomic E-state index is 13.0. The Morgan fingerprint density at radius 3 is 2.62 bits per heavy atom. The van der Waals surface area contributed by atoms with Gasteiger partial charge < -0.3 is 9.47 Å². The molecule has 116 valence electrons. The van der Waals surface area contributed by atoms with Crippen molar-refractivity contribution in [2.24, 2.45) is 5.92 Å². The quantitative estimate of drug-likeness (QED) is 0.738. The standard InChI is InChI=1S/C18H26O3/c1-4-21-18(14-8-6-5-7-9-14)17(19)15-12-13(2)10-11-16(15)20-3/h10-12,14,18H,4-9H2,1-3H3. The zero-order valence-electron chi connectivity index (χ0n) is 13.4. The van der Waals surface area contributed by atoms with Crippen molar-refractivity contribution in [3.8, 4) is 5.75 Å². The van der Waals surface area contributed by atoms with Gasteiger partial charge >= 0.3 is 0 Å². The van der Waals surface area contributed by atoms with Crippen LogP contribution in [0.15, 0.2) is 18.2 Å². The van der Waals surface area contributed by atoms with Crippen LogP contribution in [0.5, 0.6) is 5.75 Å². The summed E-state index contributed by atoms with van der Waals surface area (Å²) in [7, 11) is 1.61. The third-order valence-corrected chi connectivity index (χ3v) is 4.30. The molecule has 1 aliphatic carbocycles. The number of methoxy groups -OCH3 is 1. The number of ketones is 1. The highest BCUT2D eigenvalue weighted by Gasteiger charge is 2.32. The molecular weight excluding hydrogens is 264 g/mol. The maximum Gasteiger partial charge on any atom is 0.195 e. The fraction of sp³-hybridized carbons (Fsp3) is 0.611. The smallest absolute Gasteiger partial charge is 0.195 e. The summed E-state index contributed by atoms with van der Waals surface area (Å²) in [5, 5.41) is 0. The van der Waals surface area contributed by atoms with E-state index in [1.165, 1.54) is 19.3 Å². The molecule has 3 heteroatoms. The fourth-order valence-corrected chi connectivity index (χ4v) is 3.21. The van der Waals surface area contributed by atoms with E-state index in [4.69, 9.17) is 9.47 Å². The molecule has 0 heterocycles. The first-order valence-electron chi connectivity index (χ1n) is 7.97. The molecule has 1 aliphatic rings. The van der Waals surface area contributed by atoms with Gasteiger partial charge in [0.05, 0.1) is 12.7 Å². The van der Waals surface area contributed by atoms with E-state index in [2.05, 4.69) is 0 Å². The molecule has 21 heavy (non-hydrogen) atoms. The molecule has 0 spiro atoms. The van der Waals surface area contributed by atoms with Gasteiger partial charge in [-0.2, -0.15) is 0 Å². The van der Waals surface area contributed by atoms with Gasteiger partial charge in [0.15, 0.2) is 5.78 Å². The number of rotatable bonds is 6. The van der Waals surface area contributed by atoms with Crippen LogP contribution in [0.2, 0.25) is 0 Å². The molecule has 0 N–H and O–H groups in total. The number of carbonyl (C=O) groups is 1. The molecule has 1 fully saturated rings. The fourth-order valence-electron chi connectivity index (χ4n) is 3.21. The summed E-state index contributed by atoms with van der Waals surface area (Å²) in [6.07, 6.45) is 5.52. The first-order chi connectivity index (χ1) is 10.2. The van der Waals surface area contributed by atoms with Gasteiger partial charge in [0.1, 0.15) is 11.9 Å². The highest BCUT2D eigenvalue weighted by atomic mass is 16.5. The molecule has 0 saturated heterocycles. The number of carbonyl (C=O) groups excluding carboxylic acids is 1. The molecule has 1 aromatic rings. The van der Waals surface area contributed by atoms with Crippen molar-refractivity contribution in [2.45, 2.75) is 52.1 Å². The lowest BCUT2D eigenvalue weighted by Gasteiger charge is -2.29. The average Bonchev–Trinajstić information content (AvgIpc) is 2.52. The first kappa shape index (κ1) is 16.0. The van der Waals surface area contributed by atoms with E-state index < -0.39 is 0 Å². The van der Waals surface area contributed by atoms with Crippen LogP contribution in [0.4, 0.5) is 0 Å². The van der Waals surface area contributed by atoms with Crippen molar-refractivity contribution >= 4 is 5.78 Å². The number of ether oxygens (including phenoxy) is 2. The van der Waals surface area contributed by atoms with Crippen molar-refractivity contribution in [3.05, 3.63) is 29.3 Å². The van der Waals surface area contributed by atoms with Crippen LogP contribution in [0.1, 0.15) is 54.9 Å². The number of benzene rings is 1. The summed E-state index contributed by atoms with van der Waals surface area (Å²) >= 11 is 0. The van der Waals surface area contributed by atoms with Gasteiger partial charge in [-0.15, -0.1) is 0 Å². The predicted octanol–water partition coefficient (Wildman–Crippen LogP) is 4.17. The van der Waals surface area contributed by atoms with E-state index in [0.29, 0.717) is 23.8 Å². The SMILES string of the molecule is CCOC(C(=O)c1cc(C)ccc1OC)C1CCCCC1. The van der Waals surface area contributed by atoms with Crippen molar-refractivity contribution in [1.82, 2.24) is 0 Å². The van der Waals surface area contributed by atoms with E-state index in [-0.39, 0.29) is 11.9 Å². The minimum atomic E-state index is -0.328. The van der Waals surface area contributed by atoms with Gasteiger partial charge in [0, 0.05) is 6.61 Å². The van der Waals surface area contributed by atoms with Gasteiger partial charge in [-0.3, -0.25) is 4.79 Å². The van der Waals surface area contributed by atoms with Gasteiger partial charge in [0.25, 0.3) is 0 Å². The van der Waals surface area contributed by atoms with E-state index in [1.54, 1.807) is 7.11 Å². The van der Waals surface area contributed by atoms with E-state index >= 15 is 0 Å². The zero-order valence-corrected chi connectivity index (χ0v) is 13.4. The van der Waals surface area contributed by atoms with Crippen LogP contribution in [0, 0.1) is 12.8 Å². The Hall–Kier alpha value is -1.35. The lowest BCUT2D eigenvalue weighted by molar-refractivity contribution is 0.0125. The molecule has 0 aliphatic heterocycles. The predicted molar refractivity (Wildman–Crippen MR) is 84.1 cm³/mol. The van der Waals surface area contributed by atoms with Gasteiger partial charge in [-0.05, 0) is 44.7 Å². The van der Waals surface area contributed by atoms with E-state index in [0.717, 1.165) is 18.4 Å². The second-order valence-electron chi connectivity index (χ2n) is 5.84. The van der Waals surface area contributed by atoms with Crippen LogP contribution < -0.4 is 4.74 Å². The minimum absolute atomic E-state index is 0.0734. The molecule has 0 bridgehead atoms. The number of Topliss-reactive ketones (excluding diaryl/α,β-unsaturated/α-hetero) is 1. The van der Waals surface area contributed by atoms with Crippen molar-refractivity contribution in [2.75, 3.05) is 13.7 Å². The molecule has 2 rings (SSSR count). The van der Waals surface area contributed by atoms with Crippen LogP contribution in [-0.4, -0.2) is 25.6 Å². The van der Waals surface area contributed by atoms with Gasteiger partial charge in [0.2, 0.25) is 0 Å². The summed E-state index contributed by atoms with van der Waals surface area (Å²) in [5.41, 5.74) is 1.72. The lowest BCUT2D eigenvalue weighted by Crippen LogP contribution is -2.34. The summed E-state index contributed by atoms with van der Waals surface area (Å²) in [6, 6.07) is 5.74. The molecular formula is C18H26O3. The Morgan fingerprint density at radius 1 is 1.29 bits per heavy atom. The second-order valence-corrected chi connectivity index (χ2v) is 5.84. The van der Waals surface area contributed by atoms with Crippen LogP contribution in [0.3, 0.4) is 0 Å². The third-order valence-electron chi connectivity index (χ3n) is 4.30. The lowest BCUT2D eigenvalue weighted by atomic mass is 9.82. The number of hydrogen-bond acceptors (Lipinski definition) is 3.